The Morgan fingerprint density at radius 2 is 2.23 bits per heavy atom. The molecule has 0 aliphatic carbocycles. The number of rotatable bonds is 3. The molecule has 2 aliphatic heterocycles. The van der Waals surface area contributed by atoms with Crippen molar-refractivity contribution in [1.29, 1.82) is 0 Å². The molecule has 5 heteroatoms. The van der Waals surface area contributed by atoms with E-state index in [1.807, 2.05) is 19.1 Å². The third-order valence-corrected chi connectivity index (χ3v) is 5.73. The number of ether oxygens (including phenoxy) is 1. The van der Waals surface area contributed by atoms with Crippen LogP contribution in [0.3, 0.4) is 0 Å². The lowest BCUT2D eigenvalue weighted by Crippen LogP contribution is -2.46. The Kier molecular flexibility index (Phi) is 3.54. The molecule has 2 saturated heterocycles. The Bertz CT molecular complexity index is 699. The van der Waals surface area contributed by atoms with Crippen molar-refractivity contribution < 1.29 is 9.53 Å². The first-order valence-corrected chi connectivity index (χ1v) is 8.77. The van der Waals surface area contributed by atoms with Gasteiger partial charge < -0.3 is 15.4 Å². The topological polar surface area (TPSA) is 50.4 Å². The Labute approximate surface area is 133 Å². The van der Waals surface area contributed by atoms with Crippen LogP contribution in [0, 0.1) is 0 Å². The molecular weight excluding hydrogens is 296 g/mol. The van der Waals surface area contributed by atoms with E-state index in [0.29, 0.717) is 6.10 Å². The molecular formula is C17H20N2O2S. The van der Waals surface area contributed by atoms with E-state index in [4.69, 9.17) is 4.74 Å². The fourth-order valence-electron chi connectivity index (χ4n) is 3.61. The maximum absolute atomic E-state index is 12.2. The van der Waals surface area contributed by atoms with Gasteiger partial charge in [-0.3, -0.25) is 0 Å². The van der Waals surface area contributed by atoms with E-state index < -0.39 is 0 Å². The summed E-state index contributed by atoms with van der Waals surface area (Å²) in [4.78, 5) is 12.2. The zero-order chi connectivity index (χ0) is 15.1. The largest absolute Gasteiger partial charge is 0.373 e. The molecule has 0 saturated carbocycles. The van der Waals surface area contributed by atoms with Crippen LogP contribution in [0.4, 0.5) is 4.79 Å². The summed E-state index contributed by atoms with van der Waals surface area (Å²) >= 11 is 1.72. The summed E-state index contributed by atoms with van der Waals surface area (Å²) in [6.45, 7) is 2.03. The predicted octanol–water partition coefficient (Wildman–Crippen LogP) is 3.58. The van der Waals surface area contributed by atoms with Gasteiger partial charge in [-0.2, -0.15) is 0 Å². The molecule has 4 nitrogen and oxygen atoms in total. The maximum Gasteiger partial charge on any atom is 0.315 e. The smallest absolute Gasteiger partial charge is 0.315 e. The molecule has 116 valence electrons. The second-order valence-corrected chi connectivity index (χ2v) is 7.15. The molecule has 0 radical (unpaired) electrons. The van der Waals surface area contributed by atoms with E-state index >= 15 is 0 Å². The minimum absolute atomic E-state index is 0.00402. The van der Waals surface area contributed by atoms with Gasteiger partial charge in [-0.1, -0.05) is 18.2 Å². The van der Waals surface area contributed by atoms with Crippen LogP contribution in [0.25, 0.3) is 10.1 Å². The van der Waals surface area contributed by atoms with Gasteiger partial charge in [0.15, 0.2) is 0 Å². The molecule has 22 heavy (non-hydrogen) atoms. The van der Waals surface area contributed by atoms with Crippen molar-refractivity contribution in [3.05, 3.63) is 35.2 Å². The van der Waals surface area contributed by atoms with Gasteiger partial charge in [0.2, 0.25) is 0 Å². The van der Waals surface area contributed by atoms with E-state index in [1.165, 1.54) is 15.6 Å². The van der Waals surface area contributed by atoms with Crippen molar-refractivity contribution >= 4 is 27.5 Å². The monoisotopic (exact) mass is 316 g/mol. The highest BCUT2D eigenvalue weighted by atomic mass is 32.1. The molecule has 2 bridgehead atoms. The molecule has 2 aromatic rings. The van der Waals surface area contributed by atoms with Crippen molar-refractivity contribution in [2.75, 3.05) is 0 Å². The van der Waals surface area contributed by atoms with Gasteiger partial charge >= 0.3 is 6.03 Å². The second kappa shape index (κ2) is 5.56. The van der Waals surface area contributed by atoms with Gasteiger partial charge in [0.1, 0.15) is 0 Å². The highest BCUT2D eigenvalue weighted by Gasteiger charge is 2.41. The number of hydrogen-bond donors (Lipinski definition) is 2. The lowest BCUT2D eigenvalue weighted by molar-refractivity contribution is 0.0980. The molecule has 2 fully saturated rings. The molecule has 3 heterocycles. The summed E-state index contributed by atoms with van der Waals surface area (Å²) in [5, 5.41) is 9.50. The maximum atomic E-state index is 12.2. The summed E-state index contributed by atoms with van der Waals surface area (Å²) in [6.07, 6.45) is 3.73. The van der Waals surface area contributed by atoms with Crippen LogP contribution < -0.4 is 10.6 Å². The standard InChI is InChI=1S/C17H20N2O2S/c1-10(13-9-22-16-5-3-2-4-12(13)16)18-17(20)19-14-8-11-6-7-15(14)21-11/h2-5,9-11,14-15H,6-8H2,1H3,(H2,18,19,20)/t10-,11+,14+,15+/m0/s1. The predicted molar refractivity (Wildman–Crippen MR) is 88.2 cm³/mol. The second-order valence-electron chi connectivity index (χ2n) is 6.24. The normalized spacial score (nSPS) is 28.0. The van der Waals surface area contributed by atoms with Crippen LogP contribution in [-0.2, 0) is 4.74 Å². The Hall–Kier alpha value is -1.59. The fourth-order valence-corrected chi connectivity index (χ4v) is 4.66. The summed E-state index contributed by atoms with van der Waals surface area (Å²) < 4.78 is 7.04. The van der Waals surface area contributed by atoms with E-state index in [9.17, 15) is 4.79 Å². The molecule has 0 spiro atoms. The number of nitrogens with one attached hydrogen (secondary N) is 2. The number of hydrogen-bond acceptors (Lipinski definition) is 3. The van der Waals surface area contributed by atoms with Crippen LogP contribution in [0.15, 0.2) is 29.6 Å². The van der Waals surface area contributed by atoms with E-state index in [-0.39, 0.29) is 24.2 Å². The summed E-state index contributed by atoms with van der Waals surface area (Å²) in [6, 6.07) is 8.38. The number of fused-ring (bicyclic) bond motifs is 3. The van der Waals surface area contributed by atoms with Crippen molar-refractivity contribution in [2.45, 2.75) is 50.5 Å². The first-order chi connectivity index (χ1) is 10.7. The van der Waals surface area contributed by atoms with Gasteiger partial charge in [0.05, 0.1) is 24.3 Å². The number of thiophene rings is 1. The number of carbonyl (C=O) groups is 1. The van der Waals surface area contributed by atoms with Crippen molar-refractivity contribution in [2.24, 2.45) is 0 Å². The van der Waals surface area contributed by atoms with E-state index in [1.54, 1.807) is 11.3 Å². The fraction of sp³-hybridized carbons (Fsp3) is 0.471. The van der Waals surface area contributed by atoms with Crippen LogP contribution in [-0.4, -0.2) is 24.3 Å². The summed E-state index contributed by atoms with van der Waals surface area (Å²) in [5.41, 5.74) is 1.18. The molecule has 1 aromatic heterocycles. The van der Waals surface area contributed by atoms with Crippen molar-refractivity contribution in [1.82, 2.24) is 10.6 Å². The van der Waals surface area contributed by atoms with Gasteiger partial charge in [-0.25, -0.2) is 4.79 Å². The number of benzene rings is 1. The minimum Gasteiger partial charge on any atom is -0.373 e. The number of urea groups is 1. The SMILES string of the molecule is C[C@H](NC(=O)N[C@@H]1C[C@H]2CC[C@H]1O2)c1csc2ccccc12. The molecule has 2 aliphatic rings. The van der Waals surface area contributed by atoms with Gasteiger partial charge in [-0.15, -0.1) is 11.3 Å². The Balaban J connectivity index is 1.41. The van der Waals surface area contributed by atoms with Crippen LogP contribution in [0.2, 0.25) is 0 Å². The quantitative estimate of drug-likeness (QED) is 0.909. The van der Waals surface area contributed by atoms with Crippen LogP contribution in [0.5, 0.6) is 0 Å². The minimum atomic E-state index is -0.0936. The molecule has 4 rings (SSSR count). The van der Waals surface area contributed by atoms with Gasteiger partial charge in [-0.05, 0) is 48.6 Å². The summed E-state index contributed by atoms with van der Waals surface area (Å²) in [5.74, 6) is 0. The zero-order valence-electron chi connectivity index (χ0n) is 12.5. The van der Waals surface area contributed by atoms with Crippen molar-refractivity contribution in [3.63, 3.8) is 0 Å². The highest BCUT2D eigenvalue weighted by Crippen LogP contribution is 2.34. The number of amides is 2. The lowest BCUT2D eigenvalue weighted by Gasteiger charge is -2.22. The van der Waals surface area contributed by atoms with E-state index in [2.05, 4.69) is 28.1 Å². The van der Waals surface area contributed by atoms with Crippen molar-refractivity contribution in [3.8, 4) is 0 Å². The average molecular weight is 316 g/mol. The third-order valence-electron chi connectivity index (χ3n) is 4.75. The Morgan fingerprint density at radius 3 is 3.00 bits per heavy atom. The molecule has 1 aromatic carbocycles. The summed E-state index contributed by atoms with van der Waals surface area (Å²) in [7, 11) is 0. The zero-order valence-corrected chi connectivity index (χ0v) is 13.4. The average Bonchev–Trinajstić information content (AvgIpc) is 3.21. The van der Waals surface area contributed by atoms with Crippen LogP contribution in [0.1, 0.15) is 37.8 Å². The Morgan fingerprint density at radius 1 is 1.36 bits per heavy atom. The van der Waals surface area contributed by atoms with Gasteiger partial charge in [0, 0.05) is 4.70 Å². The molecule has 4 atom stereocenters. The van der Waals surface area contributed by atoms with Crippen LogP contribution >= 0.6 is 11.3 Å². The van der Waals surface area contributed by atoms with E-state index in [0.717, 1.165) is 19.3 Å². The first-order valence-electron chi connectivity index (χ1n) is 7.89. The first kappa shape index (κ1) is 14.0. The lowest BCUT2D eigenvalue weighted by atomic mass is 9.96. The highest BCUT2D eigenvalue weighted by molar-refractivity contribution is 7.17. The molecule has 2 amide bonds. The molecule has 2 N–H and O–H groups in total. The van der Waals surface area contributed by atoms with Gasteiger partial charge in [0.25, 0.3) is 0 Å². The third kappa shape index (κ3) is 2.48. The molecule has 0 unspecified atom stereocenters. The number of carbonyl (C=O) groups excluding carboxylic acids is 1.